The van der Waals surface area contributed by atoms with E-state index in [9.17, 15) is 4.39 Å². The van der Waals surface area contributed by atoms with Crippen LogP contribution >= 0.6 is 0 Å². The van der Waals surface area contributed by atoms with Crippen LogP contribution in [0.4, 0.5) is 4.39 Å². The molecule has 0 aliphatic rings. The van der Waals surface area contributed by atoms with Crippen molar-refractivity contribution in [3.8, 4) is 11.5 Å². The van der Waals surface area contributed by atoms with E-state index in [1.54, 1.807) is 6.07 Å². The standard InChI is InChI=1S/C17H20FNO/c1-11-5-7-15(9-12(11)2)20-17-8-6-14(18)10-16(17)13(3)19-4/h5-10,13,19H,1-4H3. The van der Waals surface area contributed by atoms with Crippen LogP contribution < -0.4 is 10.1 Å². The summed E-state index contributed by atoms with van der Waals surface area (Å²) in [6.45, 7) is 6.08. The molecule has 2 nitrogen and oxygen atoms in total. The fraction of sp³-hybridized carbons (Fsp3) is 0.294. The number of ether oxygens (including phenoxy) is 1. The third-order valence-electron chi connectivity index (χ3n) is 3.58. The van der Waals surface area contributed by atoms with E-state index in [-0.39, 0.29) is 11.9 Å². The summed E-state index contributed by atoms with van der Waals surface area (Å²) in [5.41, 5.74) is 3.21. The maximum Gasteiger partial charge on any atom is 0.132 e. The molecule has 20 heavy (non-hydrogen) atoms. The van der Waals surface area contributed by atoms with Crippen molar-refractivity contribution in [2.75, 3.05) is 7.05 Å². The molecule has 0 spiro atoms. The van der Waals surface area contributed by atoms with Crippen LogP contribution in [0.25, 0.3) is 0 Å². The highest BCUT2D eigenvalue weighted by Gasteiger charge is 2.12. The van der Waals surface area contributed by atoms with Crippen molar-refractivity contribution in [3.63, 3.8) is 0 Å². The Morgan fingerprint density at radius 3 is 2.45 bits per heavy atom. The van der Waals surface area contributed by atoms with Gasteiger partial charge in [-0.15, -0.1) is 0 Å². The van der Waals surface area contributed by atoms with Gasteiger partial charge in [0.2, 0.25) is 0 Å². The summed E-state index contributed by atoms with van der Waals surface area (Å²) in [4.78, 5) is 0. The van der Waals surface area contributed by atoms with Crippen LogP contribution in [0.5, 0.6) is 11.5 Å². The second-order valence-electron chi connectivity index (χ2n) is 5.04. The van der Waals surface area contributed by atoms with E-state index < -0.39 is 0 Å². The number of hydrogen-bond acceptors (Lipinski definition) is 2. The Labute approximate surface area is 119 Å². The Morgan fingerprint density at radius 2 is 1.80 bits per heavy atom. The first-order chi connectivity index (χ1) is 9.51. The fourth-order valence-electron chi connectivity index (χ4n) is 2.01. The molecular formula is C17H20FNO. The van der Waals surface area contributed by atoms with Gasteiger partial charge in [-0.1, -0.05) is 6.07 Å². The molecule has 0 bridgehead atoms. The zero-order valence-electron chi connectivity index (χ0n) is 12.3. The molecule has 0 heterocycles. The Kier molecular flexibility index (Phi) is 4.40. The monoisotopic (exact) mass is 273 g/mol. The largest absolute Gasteiger partial charge is 0.457 e. The molecule has 0 aliphatic heterocycles. The lowest BCUT2D eigenvalue weighted by Gasteiger charge is -2.17. The maximum atomic E-state index is 13.4. The molecule has 2 rings (SSSR count). The smallest absolute Gasteiger partial charge is 0.132 e. The minimum Gasteiger partial charge on any atom is -0.457 e. The van der Waals surface area contributed by atoms with E-state index in [4.69, 9.17) is 4.74 Å². The average molecular weight is 273 g/mol. The fourth-order valence-corrected chi connectivity index (χ4v) is 2.01. The summed E-state index contributed by atoms with van der Waals surface area (Å²) >= 11 is 0. The van der Waals surface area contributed by atoms with Gasteiger partial charge in [0.1, 0.15) is 17.3 Å². The zero-order chi connectivity index (χ0) is 14.7. The summed E-state index contributed by atoms with van der Waals surface area (Å²) in [7, 11) is 1.84. The normalized spacial score (nSPS) is 12.2. The second-order valence-corrected chi connectivity index (χ2v) is 5.04. The first kappa shape index (κ1) is 14.5. The molecule has 1 unspecified atom stereocenters. The van der Waals surface area contributed by atoms with Crippen molar-refractivity contribution in [1.82, 2.24) is 5.32 Å². The van der Waals surface area contributed by atoms with Gasteiger partial charge in [0, 0.05) is 11.6 Å². The molecule has 2 aromatic rings. The van der Waals surface area contributed by atoms with Crippen LogP contribution in [0.2, 0.25) is 0 Å². The molecule has 3 heteroatoms. The highest BCUT2D eigenvalue weighted by molar-refractivity contribution is 5.42. The molecule has 0 fully saturated rings. The summed E-state index contributed by atoms with van der Waals surface area (Å²) < 4.78 is 19.3. The van der Waals surface area contributed by atoms with Crippen molar-refractivity contribution in [1.29, 1.82) is 0 Å². The predicted octanol–water partition coefficient (Wildman–Crippen LogP) is 4.52. The molecule has 0 saturated heterocycles. The minimum absolute atomic E-state index is 0.0206. The van der Waals surface area contributed by atoms with E-state index in [2.05, 4.69) is 12.2 Å². The SMILES string of the molecule is CNC(C)c1cc(F)ccc1Oc1ccc(C)c(C)c1. The topological polar surface area (TPSA) is 21.3 Å². The number of nitrogens with one attached hydrogen (secondary N) is 1. The molecule has 0 saturated carbocycles. The van der Waals surface area contributed by atoms with Gasteiger partial charge in [-0.3, -0.25) is 0 Å². The Bertz CT molecular complexity index is 610. The van der Waals surface area contributed by atoms with Gasteiger partial charge in [-0.25, -0.2) is 4.39 Å². The first-order valence-electron chi connectivity index (χ1n) is 6.73. The summed E-state index contributed by atoms with van der Waals surface area (Å²) in [5, 5.41) is 3.11. The Balaban J connectivity index is 2.35. The molecular weight excluding hydrogens is 253 g/mol. The van der Waals surface area contributed by atoms with Crippen molar-refractivity contribution in [3.05, 3.63) is 58.9 Å². The van der Waals surface area contributed by atoms with Gasteiger partial charge in [0.15, 0.2) is 0 Å². The lowest BCUT2D eigenvalue weighted by Crippen LogP contribution is -2.13. The van der Waals surface area contributed by atoms with Crippen LogP contribution in [0.15, 0.2) is 36.4 Å². The highest BCUT2D eigenvalue weighted by Crippen LogP contribution is 2.31. The van der Waals surface area contributed by atoms with Crippen LogP contribution in [0.1, 0.15) is 29.7 Å². The summed E-state index contributed by atoms with van der Waals surface area (Å²) in [6.07, 6.45) is 0. The van der Waals surface area contributed by atoms with E-state index in [1.807, 2.05) is 39.1 Å². The molecule has 1 atom stereocenters. The first-order valence-corrected chi connectivity index (χ1v) is 6.73. The third-order valence-corrected chi connectivity index (χ3v) is 3.58. The number of benzene rings is 2. The van der Waals surface area contributed by atoms with Gasteiger partial charge in [0.05, 0.1) is 0 Å². The predicted molar refractivity (Wildman–Crippen MR) is 79.9 cm³/mol. The van der Waals surface area contributed by atoms with Crippen LogP contribution in [0.3, 0.4) is 0 Å². The lowest BCUT2D eigenvalue weighted by atomic mass is 10.1. The summed E-state index contributed by atoms with van der Waals surface area (Å²) in [6, 6.07) is 10.6. The third kappa shape index (κ3) is 3.17. The Hall–Kier alpha value is -1.87. The van der Waals surface area contributed by atoms with Gasteiger partial charge < -0.3 is 10.1 Å². The van der Waals surface area contributed by atoms with Crippen LogP contribution in [0, 0.1) is 19.7 Å². The van der Waals surface area contributed by atoms with Gasteiger partial charge >= 0.3 is 0 Å². The average Bonchev–Trinajstić information content (AvgIpc) is 2.44. The van der Waals surface area contributed by atoms with Crippen molar-refractivity contribution in [2.45, 2.75) is 26.8 Å². The molecule has 0 aromatic heterocycles. The molecule has 1 N–H and O–H groups in total. The van der Waals surface area contributed by atoms with E-state index in [0.717, 1.165) is 11.3 Å². The van der Waals surface area contributed by atoms with E-state index in [1.165, 1.54) is 23.3 Å². The molecule has 0 radical (unpaired) electrons. The van der Waals surface area contributed by atoms with Crippen molar-refractivity contribution >= 4 is 0 Å². The molecule has 0 amide bonds. The number of hydrogen-bond donors (Lipinski definition) is 1. The second kappa shape index (κ2) is 6.06. The Morgan fingerprint density at radius 1 is 1.05 bits per heavy atom. The maximum absolute atomic E-state index is 13.4. The number of halogens is 1. The van der Waals surface area contributed by atoms with Gasteiger partial charge in [-0.2, -0.15) is 0 Å². The van der Waals surface area contributed by atoms with Crippen LogP contribution in [-0.2, 0) is 0 Å². The molecule has 0 aliphatic carbocycles. The van der Waals surface area contributed by atoms with Gasteiger partial charge in [-0.05, 0) is 69.3 Å². The van der Waals surface area contributed by atoms with Crippen molar-refractivity contribution in [2.24, 2.45) is 0 Å². The van der Waals surface area contributed by atoms with Crippen molar-refractivity contribution < 1.29 is 9.13 Å². The van der Waals surface area contributed by atoms with Gasteiger partial charge in [0.25, 0.3) is 0 Å². The lowest BCUT2D eigenvalue weighted by molar-refractivity contribution is 0.462. The quantitative estimate of drug-likeness (QED) is 0.884. The van der Waals surface area contributed by atoms with E-state index in [0.29, 0.717) is 5.75 Å². The number of aryl methyl sites for hydroxylation is 2. The van der Waals surface area contributed by atoms with Crippen LogP contribution in [-0.4, -0.2) is 7.05 Å². The summed E-state index contributed by atoms with van der Waals surface area (Å²) in [5.74, 6) is 1.19. The molecule has 106 valence electrons. The van der Waals surface area contributed by atoms with E-state index >= 15 is 0 Å². The zero-order valence-corrected chi connectivity index (χ0v) is 12.3. The number of rotatable bonds is 4. The highest BCUT2D eigenvalue weighted by atomic mass is 19.1. The molecule has 2 aromatic carbocycles. The minimum atomic E-state index is -0.255.